The number of nitrogens with two attached hydrogens (primary N) is 1. The van der Waals surface area contributed by atoms with Gasteiger partial charge >= 0.3 is 0 Å². The van der Waals surface area contributed by atoms with Crippen molar-refractivity contribution >= 4 is 32.0 Å². The Balaban J connectivity index is 2.88. The number of nitrogens with one attached hydrogen (secondary N) is 1. The highest BCUT2D eigenvalue weighted by Gasteiger charge is 2.15. The summed E-state index contributed by atoms with van der Waals surface area (Å²) >= 11 is 0. The first-order valence-corrected chi connectivity index (χ1v) is 9.48. The zero-order chi connectivity index (χ0) is 14.6. The van der Waals surface area contributed by atoms with Crippen molar-refractivity contribution in [1.82, 2.24) is 0 Å². The topological polar surface area (TPSA) is 89.3 Å². The molecule has 2 atom stereocenters. The van der Waals surface area contributed by atoms with Gasteiger partial charge in [-0.3, -0.25) is 4.21 Å². The molecule has 2 unspecified atom stereocenters. The number of rotatable bonds is 6. The molecule has 1 aromatic carbocycles. The lowest BCUT2D eigenvalue weighted by Gasteiger charge is -2.17. The van der Waals surface area contributed by atoms with E-state index in [-0.39, 0.29) is 16.6 Å². The molecule has 0 aliphatic rings. The van der Waals surface area contributed by atoms with Gasteiger partial charge in [-0.15, -0.1) is 0 Å². The van der Waals surface area contributed by atoms with Crippen LogP contribution in [0.5, 0.6) is 0 Å². The molecule has 0 aliphatic heterocycles. The van der Waals surface area contributed by atoms with E-state index in [1.54, 1.807) is 18.4 Å². The average Bonchev–Trinajstić information content (AvgIpc) is 2.27. The number of benzene rings is 1. The molecule has 0 radical (unpaired) electrons. The summed E-state index contributed by atoms with van der Waals surface area (Å²) in [5.74, 6) is 0.597. The van der Waals surface area contributed by atoms with Gasteiger partial charge in [0.1, 0.15) is 0 Å². The molecular weight excluding hydrogens is 284 g/mol. The summed E-state index contributed by atoms with van der Waals surface area (Å²) in [6, 6.07) is 4.95. The molecule has 0 amide bonds. The van der Waals surface area contributed by atoms with E-state index in [1.165, 1.54) is 6.07 Å². The van der Waals surface area contributed by atoms with Gasteiger partial charge < -0.3 is 11.1 Å². The van der Waals surface area contributed by atoms with Gasteiger partial charge in [0.15, 0.2) is 9.84 Å². The molecule has 1 rings (SSSR count). The van der Waals surface area contributed by atoms with Crippen LogP contribution in [0, 0.1) is 0 Å². The van der Waals surface area contributed by atoms with Crippen LogP contribution >= 0.6 is 0 Å². The van der Waals surface area contributed by atoms with Gasteiger partial charge in [-0.2, -0.15) is 0 Å². The van der Waals surface area contributed by atoms with Crippen molar-refractivity contribution in [1.29, 1.82) is 0 Å². The maximum absolute atomic E-state index is 11.6. The van der Waals surface area contributed by atoms with Gasteiger partial charge in [0.25, 0.3) is 0 Å². The Hall–Kier alpha value is -1.08. The Labute approximate surface area is 117 Å². The zero-order valence-corrected chi connectivity index (χ0v) is 13.0. The summed E-state index contributed by atoms with van der Waals surface area (Å²) < 4.78 is 34.1. The van der Waals surface area contributed by atoms with Gasteiger partial charge in [0.2, 0.25) is 0 Å². The van der Waals surface area contributed by atoms with Crippen molar-refractivity contribution in [2.45, 2.75) is 24.3 Å². The van der Waals surface area contributed by atoms with Crippen LogP contribution in [0.3, 0.4) is 0 Å². The Kier molecular flexibility index (Phi) is 5.37. The van der Waals surface area contributed by atoms with E-state index in [9.17, 15) is 12.6 Å². The second-order valence-corrected chi connectivity index (χ2v) is 8.14. The van der Waals surface area contributed by atoms with E-state index >= 15 is 0 Å². The molecule has 19 heavy (non-hydrogen) atoms. The highest BCUT2D eigenvalue weighted by Crippen LogP contribution is 2.27. The summed E-state index contributed by atoms with van der Waals surface area (Å²) in [5, 5.41) is 3.15. The van der Waals surface area contributed by atoms with Crippen LogP contribution in [-0.4, -0.2) is 36.9 Å². The van der Waals surface area contributed by atoms with Crippen LogP contribution in [0.15, 0.2) is 23.1 Å². The van der Waals surface area contributed by atoms with E-state index in [2.05, 4.69) is 5.32 Å². The fourth-order valence-electron chi connectivity index (χ4n) is 1.67. The molecule has 1 aromatic rings. The Morgan fingerprint density at radius 2 is 2.05 bits per heavy atom. The number of hydrogen-bond donors (Lipinski definition) is 2. The summed E-state index contributed by atoms with van der Waals surface area (Å²) in [4.78, 5) is 0.128. The van der Waals surface area contributed by atoms with Crippen LogP contribution in [0.1, 0.15) is 13.3 Å². The standard InChI is InChI=1S/C12H20N2O3S2/c1-9(7-8-18(2)15)14-10-5-4-6-11(12(10)13)19(3,16)17/h4-6,9,14H,7-8,13H2,1-3H3. The van der Waals surface area contributed by atoms with Gasteiger partial charge in [-0.25, -0.2) is 8.42 Å². The number of nitrogen functional groups attached to an aromatic ring is 1. The van der Waals surface area contributed by atoms with Crippen LogP contribution in [-0.2, 0) is 20.6 Å². The highest BCUT2D eigenvalue weighted by molar-refractivity contribution is 7.90. The molecular formula is C12H20N2O3S2. The molecule has 0 saturated carbocycles. The van der Waals surface area contributed by atoms with E-state index < -0.39 is 20.6 Å². The highest BCUT2D eigenvalue weighted by atomic mass is 32.2. The molecule has 3 N–H and O–H groups in total. The number of anilines is 2. The van der Waals surface area contributed by atoms with Crippen LogP contribution in [0.2, 0.25) is 0 Å². The number of hydrogen-bond acceptors (Lipinski definition) is 5. The van der Waals surface area contributed by atoms with Crippen molar-refractivity contribution in [2.75, 3.05) is 29.3 Å². The molecule has 7 heteroatoms. The maximum atomic E-state index is 11.6. The minimum absolute atomic E-state index is 0.0704. The first-order chi connectivity index (χ1) is 8.71. The molecule has 5 nitrogen and oxygen atoms in total. The lowest BCUT2D eigenvalue weighted by Crippen LogP contribution is -2.19. The third kappa shape index (κ3) is 4.83. The Bertz CT molecular complexity index is 570. The molecule has 0 fully saturated rings. The predicted molar refractivity (Wildman–Crippen MR) is 80.6 cm³/mol. The minimum Gasteiger partial charge on any atom is -0.396 e. The lowest BCUT2D eigenvalue weighted by atomic mass is 10.2. The quantitative estimate of drug-likeness (QED) is 0.772. The second-order valence-electron chi connectivity index (χ2n) is 4.60. The first kappa shape index (κ1) is 16.0. The van der Waals surface area contributed by atoms with Gasteiger partial charge in [0.05, 0.1) is 16.3 Å². The minimum atomic E-state index is -3.33. The van der Waals surface area contributed by atoms with E-state index in [4.69, 9.17) is 5.73 Å². The van der Waals surface area contributed by atoms with Crippen molar-refractivity contribution < 1.29 is 12.6 Å². The van der Waals surface area contributed by atoms with Crippen LogP contribution in [0.4, 0.5) is 11.4 Å². The molecule has 0 aromatic heterocycles. The average molecular weight is 304 g/mol. The molecule has 0 aliphatic carbocycles. The fraction of sp³-hybridized carbons (Fsp3) is 0.500. The van der Waals surface area contributed by atoms with Crippen molar-refractivity contribution in [2.24, 2.45) is 0 Å². The summed E-state index contributed by atoms with van der Waals surface area (Å²) in [6.07, 6.45) is 3.52. The van der Waals surface area contributed by atoms with Crippen molar-refractivity contribution in [3.8, 4) is 0 Å². The third-order valence-electron chi connectivity index (χ3n) is 2.71. The van der Waals surface area contributed by atoms with E-state index in [1.807, 2.05) is 6.92 Å². The smallest absolute Gasteiger partial charge is 0.177 e. The molecule has 108 valence electrons. The zero-order valence-electron chi connectivity index (χ0n) is 11.3. The van der Waals surface area contributed by atoms with Gasteiger partial charge in [-0.05, 0) is 25.5 Å². The van der Waals surface area contributed by atoms with E-state index in [0.717, 1.165) is 12.7 Å². The maximum Gasteiger partial charge on any atom is 0.177 e. The van der Waals surface area contributed by atoms with Gasteiger partial charge in [0, 0.05) is 35.1 Å². The predicted octanol–water partition coefficient (Wildman–Crippen LogP) is 1.24. The molecule has 0 heterocycles. The third-order valence-corrected chi connectivity index (χ3v) is 4.67. The summed E-state index contributed by atoms with van der Waals surface area (Å²) in [5.41, 5.74) is 6.70. The summed E-state index contributed by atoms with van der Waals surface area (Å²) in [7, 11) is -4.17. The largest absolute Gasteiger partial charge is 0.396 e. The van der Waals surface area contributed by atoms with E-state index in [0.29, 0.717) is 11.4 Å². The monoisotopic (exact) mass is 304 g/mol. The number of sulfone groups is 1. The van der Waals surface area contributed by atoms with Crippen LogP contribution in [0.25, 0.3) is 0 Å². The van der Waals surface area contributed by atoms with Crippen LogP contribution < -0.4 is 11.1 Å². The normalized spacial score (nSPS) is 14.9. The fourth-order valence-corrected chi connectivity index (χ4v) is 3.19. The van der Waals surface area contributed by atoms with Gasteiger partial charge in [-0.1, -0.05) is 6.07 Å². The lowest BCUT2D eigenvalue weighted by molar-refractivity contribution is 0.602. The Morgan fingerprint density at radius 3 is 2.58 bits per heavy atom. The SMILES string of the molecule is CC(CCS(C)=O)Nc1cccc(S(C)(=O)=O)c1N. The van der Waals surface area contributed by atoms with Crippen molar-refractivity contribution in [3.63, 3.8) is 0 Å². The molecule has 0 bridgehead atoms. The molecule has 0 saturated heterocycles. The first-order valence-electron chi connectivity index (χ1n) is 5.87. The second kappa shape index (κ2) is 6.38. The Morgan fingerprint density at radius 1 is 1.42 bits per heavy atom. The van der Waals surface area contributed by atoms with Crippen molar-refractivity contribution in [3.05, 3.63) is 18.2 Å². The summed E-state index contributed by atoms with van der Waals surface area (Å²) in [6.45, 7) is 1.94. The molecule has 0 spiro atoms. The number of para-hydroxylation sites is 1.